The SMILES string of the molecule is CN1[Si](C)(C)N[SiH2]N(c2ccccc2)[Si]1(c1ccccc1)c1ccccc1. The Morgan fingerprint density at radius 2 is 1.15 bits per heavy atom. The molecule has 0 saturated carbocycles. The number of para-hydroxylation sites is 1. The number of rotatable bonds is 3. The van der Waals surface area contributed by atoms with Crippen LogP contribution in [0, 0.1) is 0 Å². The van der Waals surface area contributed by atoms with Crippen molar-refractivity contribution in [3.05, 3.63) is 91.0 Å². The van der Waals surface area contributed by atoms with Crippen LogP contribution >= 0.6 is 0 Å². The van der Waals surface area contributed by atoms with Crippen molar-refractivity contribution in [3.63, 3.8) is 0 Å². The third-order valence-corrected chi connectivity index (χ3v) is 21.0. The predicted octanol–water partition coefficient (Wildman–Crippen LogP) is 1.99. The van der Waals surface area contributed by atoms with Crippen LogP contribution < -0.4 is 19.3 Å². The van der Waals surface area contributed by atoms with Crippen LogP contribution in [0.3, 0.4) is 0 Å². The molecule has 0 spiro atoms. The van der Waals surface area contributed by atoms with Gasteiger partial charge in [0.1, 0.15) is 0 Å². The van der Waals surface area contributed by atoms with E-state index in [-0.39, 0.29) is 0 Å². The first-order chi connectivity index (χ1) is 13.1. The van der Waals surface area contributed by atoms with Crippen molar-refractivity contribution >= 4 is 42.7 Å². The van der Waals surface area contributed by atoms with Gasteiger partial charge < -0.3 is 13.1 Å². The van der Waals surface area contributed by atoms with Crippen LogP contribution in [0.1, 0.15) is 0 Å². The Morgan fingerprint density at radius 1 is 0.704 bits per heavy atom. The van der Waals surface area contributed by atoms with Crippen molar-refractivity contribution in [2.45, 2.75) is 13.1 Å². The summed E-state index contributed by atoms with van der Waals surface area (Å²) in [4.78, 5) is 0. The van der Waals surface area contributed by atoms with Crippen molar-refractivity contribution in [2.24, 2.45) is 0 Å². The van der Waals surface area contributed by atoms with Gasteiger partial charge in [-0.1, -0.05) is 78.9 Å². The zero-order valence-electron chi connectivity index (χ0n) is 16.3. The fourth-order valence-electron chi connectivity index (χ4n) is 4.18. The Bertz CT molecular complexity index is 849. The van der Waals surface area contributed by atoms with Crippen LogP contribution in [-0.2, 0) is 0 Å². The fraction of sp³-hybridized carbons (Fsp3) is 0.143. The smallest absolute Gasteiger partial charge is 0.288 e. The van der Waals surface area contributed by atoms with Gasteiger partial charge in [0.2, 0.25) is 0 Å². The van der Waals surface area contributed by atoms with Crippen molar-refractivity contribution < 1.29 is 0 Å². The highest BCUT2D eigenvalue weighted by Gasteiger charge is 2.56. The van der Waals surface area contributed by atoms with Gasteiger partial charge in [-0.3, -0.25) is 0 Å². The minimum absolute atomic E-state index is 0.638. The standard InChI is InChI=1S/C21H27N3Si3/c1-23-26(2,3)22-25-24(19-13-7-4-8-14-19)27(23,20-15-9-5-10-16-20)21-17-11-6-12-18-21/h4-18,22H,25H2,1-3H3. The molecule has 1 aliphatic heterocycles. The average molecular weight is 406 g/mol. The molecule has 0 radical (unpaired) electrons. The first kappa shape index (κ1) is 18.4. The molecule has 0 unspecified atom stereocenters. The maximum Gasteiger partial charge on any atom is 0.288 e. The molecule has 6 heteroatoms. The highest BCUT2D eigenvalue weighted by Crippen LogP contribution is 2.28. The van der Waals surface area contributed by atoms with Gasteiger partial charge in [0.15, 0.2) is 18.2 Å². The summed E-state index contributed by atoms with van der Waals surface area (Å²) in [6.45, 7) is 4.91. The molecule has 1 saturated heterocycles. The molecule has 4 rings (SSSR count). The third-order valence-electron chi connectivity index (χ3n) is 5.80. The van der Waals surface area contributed by atoms with E-state index in [1.165, 1.54) is 16.1 Å². The molecular formula is C21H27N3Si3. The van der Waals surface area contributed by atoms with Crippen molar-refractivity contribution in [2.75, 3.05) is 11.3 Å². The molecule has 3 nitrogen and oxygen atoms in total. The number of nitrogens with one attached hydrogen (secondary N) is 1. The van der Waals surface area contributed by atoms with E-state index in [2.05, 4.69) is 124 Å². The highest BCUT2D eigenvalue weighted by atomic mass is 28.5. The summed E-state index contributed by atoms with van der Waals surface area (Å²) in [5.41, 5.74) is 1.34. The lowest BCUT2D eigenvalue weighted by Crippen LogP contribution is -2.91. The maximum absolute atomic E-state index is 4.02. The predicted molar refractivity (Wildman–Crippen MR) is 124 cm³/mol. The number of anilines is 1. The summed E-state index contributed by atoms with van der Waals surface area (Å²) in [6.07, 6.45) is 0. The largest absolute Gasteiger partial charge is 0.399 e. The molecule has 0 bridgehead atoms. The van der Waals surface area contributed by atoms with E-state index in [9.17, 15) is 0 Å². The maximum atomic E-state index is 4.02. The fourth-order valence-corrected chi connectivity index (χ4v) is 20.5. The average Bonchev–Trinajstić information content (AvgIpc) is 2.72. The lowest BCUT2D eigenvalue weighted by Gasteiger charge is -2.58. The van der Waals surface area contributed by atoms with E-state index < -0.39 is 26.6 Å². The molecule has 0 amide bonds. The van der Waals surface area contributed by atoms with E-state index >= 15 is 0 Å². The monoisotopic (exact) mass is 405 g/mol. The number of nitrogens with zero attached hydrogens (tertiary/aromatic N) is 2. The van der Waals surface area contributed by atoms with Gasteiger partial charge in [-0.2, -0.15) is 0 Å². The number of benzene rings is 3. The van der Waals surface area contributed by atoms with Gasteiger partial charge in [0.25, 0.3) is 8.40 Å². The zero-order valence-corrected chi connectivity index (χ0v) is 19.7. The number of hydrogen-bond acceptors (Lipinski definition) is 3. The molecule has 1 aliphatic rings. The van der Waals surface area contributed by atoms with Crippen LogP contribution in [0.4, 0.5) is 5.69 Å². The minimum Gasteiger partial charge on any atom is -0.399 e. The zero-order chi connectivity index (χ0) is 18.9. The molecule has 3 aromatic rings. The second-order valence-electron chi connectivity index (χ2n) is 7.62. The Morgan fingerprint density at radius 3 is 1.63 bits per heavy atom. The Hall–Kier alpha value is -1.97. The highest BCUT2D eigenvalue weighted by molar-refractivity contribution is 7.14. The van der Waals surface area contributed by atoms with Gasteiger partial charge in [0.05, 0.1) is 0 Å². The van der Waals surface area contributed by atoms with E-state index in [1.807, 2.05) is 0 Å². The topological polar surface area (TPSA) is 18.5 Å². The van der Waals surface area contributed by atoms with Gasteiger partial charge in [-0.05, 0) is 42.6 Å². The van der Waals surface area contributed by atoms with Crippen LogP contribution in [0.5, 0.6) is 0 Å². The Balaban J connectivity index is 2.04. The van der Waals surface area contributed by atoms with Gasteiger partial charge in [-0.15, -0.1) is 0 Å². The van der Waals surface area contributed by atoms with E-state index in [1.54, 1.807) is 0 Å². The van der Waals surface area contributed by atoms with Crippen LogP contribution in [0.25, 0.3) is 0 Å². The van der Waals surface area contributed by atoms with Crippen molar-refractivity contribution in [1.82, 2.24) is 8.88 Å². The van der Waals surface area contributed by atoms with Crippen LogP contribution in [-0.4, -0.2) is 37.9 Å². The van der Waals surface area contributed by atoms with E-state index in [0.717, 1.165) is 0 Å². The molecule has 0 atom stereocenters. The van der Waals surface area contributed by atoms with Gasteiger partial charge >= 0.3 is 0 Å². The van der Waals surface area contributed by atoms with E-state index in [4.69, 9.17) is 0 Å². The molecule has 1 N–H and O–H groups in total. The Kier molecular flexibility index (Phi) is 4.92. The second-order valence-corrected chi connectivity index (χ2v) is 18.6. The summed E-state index contributed by atoms with van der Waals surface area (Å²) in [5.74, 6) is 0. The summed E-state index contributed by atoms with van der Waals surface area (Å²) >= 11 is 0. The molecule has 0 aromatic heterocycles. The molecule has 27 heavy (non-hydrogen) atoms. The first-order valence-electron chi connectivity index (χ1n) is 9.49. The second kappa shape index (κ2) is 7.22. The van der Waals surface area contributed by atoms with E-state index in [0.29, 0.717) is 0 Å². The minimum atomic E-state index is -2.32. The lowest BCUT2D eigenvalue weighted by molar-refractivity contribution is 0.734. The number of hydrogen-bond donors (Lipinski definition) is 1. The molecule has 1 fully saturated rings. The lowest BCUT2D eigenvalue weighted by atomic mass is 10.3. The van der Waals surface area contributed by atoms with Crippen molar-refractivity contribution in [1.29, 1.82) is 0 Å². The molecule has 1 heterocycles. The van der Waals surface area contributed by atoms with Crippen LogP contribution in [0.2, 0.25) is 13.1 Å². The summed E-state index contributed by atoms with van der Waals surface area (Å²) in [6, 6.07) is 33.4. The Labute approximate surface area is 167 Å². The summed E-state index contributed by atoms with van der Waals surface area (Å²) in [7, 11) is -2.30. The van der Waals surface area contributed by atoms with Gasteiger partial charge in [0, 0.05) is 5.69 Å². The summed E-state index contributed by atoms with van der Waals surface area (Å²) in [5, 5.41) is 2.94. The normalized spacial score (nSPS) is 19.9. The van der Waals surface area contributed by atoms with Crippen LogP contribution in [0.15, 0.2) is 91.0 Å². The summed E-state index contributed by atoms with van der Waals surface area (Å²) < 4.78 is 9.55. The van der Waals surface area contributed by atoms with Gasteiger partial charge in [-0.25, -0.2) is 0 Å². The first-order valence-corrected chi connectivity index (χ1v) is 15.7. The molecule has 138 valence electrons. The molecular weight excluding hydrogens is 379 g/mol. The molecule has 0 aliphatic carbocycles. The molecule has 3 aromatic carbocycles. The quantitative estimate of drug-likeness (QED) is 0.672. The third kappa shape index (κ3) is 3.03. The van der Waals surface area contributed by atoms with Crippen molar-refractivity contribution in [3.8, 4) is 0 Å².